The molecule has 1 aromatic rings. The summed E-state index contributed by atoms with van der Waals surface area (Å²) in [5.74, 6) is 0.630. The minimum atomic E-state index is -1.13. The van der Waals surface area contributed by atoms with E-state index in [9.17, 15) is 9.18 Å². The number of rotatable bonds is 11. The van der Waals surface area contributed by atoms with Crippen LogP contribution in [0.2, 0.25) is 0 Å². The van der Waals surface area contributed by atoms with E-state index in [0.29, 0.717) is 31.1 Å². The highest BCUT2D eigenvalue weighted by molar-refractivity contribution is 6.00. The predicted octanol–water partition coefficient (Wildman–Crippen LogP) is 1.13. The Morgan fingerprint density at radius 3 is 2.88 bits per heavy atom. The quantitative estimate of drug-likeness (QED) is 0.311. The van der Waals surface area contributed by atoms with Crippen molar-refractivity contribution < 1.29 is 23.8 Å². The molecule has 0 aromatic heterocycles. The second kappa shape index (κ2) is 9.88. The normalized spacial score (nSPS) is 18.8. The van der Waals surface area contributed by atoms with Crippen LogP contribution >= 0.6 is 0 Å². The minimum Gasteiger partial charge on any atom is -0.494 e. The van der Waals surface area contributed by atoms with E-state index >= 15 is 0 Å². The summed E-state index contributed by atoms with van der Waals surface area (Å²) in [6.45, 7) is 3.69. The molecule has 0 spiro atoms. The lowest BCUT2D eigenvalue weighted by Gasteiger charge is -2.21. The van der Waals surface area contributed by atoms with Gasteiger partial charge in [-0.2, -0.15) is 0 Å². The number of hydrogen-bond donors (Lipinski definition) is 3. The van der Waals surface area contributed by atoms with Crippen LogP contribution in [-0.2, 0) is 9.53 Å². The predicted molar refractivity (Wildman–Crippen MR) is 95.8 cm³/mol. The van der Waals surface area contributed by atoms with E-state index in [4.69, 9.17) is 14.6 Å². The Morgan fingerprint density at radius 1 is 1.46 bits per heavy atom. The van der Waals surface area contributed by atoms with Gasteiger partial charge < -0.3 is 14.6 Å². The van der Waals surface area contributed by atoms with E-state index in [2.05, 4.69) is 22.4 Å². The summed E-state index contributed by atoms with van der Waals surface area (Å²) in [6.07, 6.45) is 2.46. The Bertz CT molecular complexity index is 636. The van der Waals surface area contributed by atoms with Crippen molar-refractivity contribution in [3.8, 4) is 5.75 Å². The summed E-state index contributed by atoms with van der Waals surface area (Å²) in [6, 6.07) is 7.12. The zero-order valence-corrected chi connectivity index (χ0v) is 14.5. The first kappa shape index (κ1) is 19.9. The van der Waals surface area contributed by atoms with Crippen molar-refractivity contribution in [2.75, 3.05) is 33.0 Å². The highest BCUT2D eigenvalue weighted by Crippen LogP contribution is 2.27. The molecule has 142 valence electrons. The van der Waals surface area contributed by atoms with Crippen LogP contribution in [0.1, 0.15) is 18.4 Å². The summed E-state index contributed by atoms with van der Waals surface area (Å²) in [5, 5.41) is 8.76. The molecule has 7 nitrogen and oxygen atoms in total. The van der Waals surface area contributed by atoms with Crippen LogP contribution in [0.15, 0.2) is 41.9 Å². The summed E-state index contributed by atoms with van der Waals surface area (Å²) < 4.78 is 23.3. The fourth-order valence-corrected chi connectivity index (χ4v) is 2.40. The number of hydrogen-bond acceptors (Lipinski definition) is 6. The number of carbonyl (C=O) groups excluding carboxylic acids is 1. The minimum absolute atomic E-state index is 0.0189. The van der Waals surface area contributed by atoms with E-state index in [-0.39, 0.29) is 19.8 Å². The summed E-state index contributed by atoms with van der Waals surface area (Å²) in [4.78, 5) is 16.9. The van der Waals surface area contributed by atoms with Gasteiger partial charge in [0.25, 0.3) is 5.91 Å². The molecule has 0 aliphatic carbocycles. The summed E-state index contributed by atoms with van der Waals surface area (Å²) in [5.41, 5.74) is 4.56. The molecule has 1 aliphatic rings. The van der Waals surface area contributed by atoms with Crippen LogP contribution in [0.25, 0.3) is 0 Å². The number of carbonyl (C=O) groups is 1. The number of amides is 1. The van der Waals surface area contributed by atoms with E-state index in [1.807, 2.05) is 0 Å². The first-order chi connectivity index (χ1) is 12.6. The van der Waals surface area contributed by atoms with Gasteiger partial charge in [0.2, 0.25) is 5.90 Å². The number of alkyl halides is 1. The zero-order valence-electron chi connectivity index (χ0n) is 14.5. The van der Waals surface area contributed by atoms with Crippen molar-refractivity contribution in [3.05, 3.63) is 42.5 Å². The van der Waals surface area contributed by atoms with Gasteiger partial charge in [0.15, 0.2) is 5.54 Å². The molecular formula is C18H24FN3O4. The number of hydrazine groups is 1. The maximum absolute atomic E-state index is 12.4. The number of ether oxygens (including phenoxy) is 2. The van der Waals surface area contributed by atoms with Crippen molar-refractivity contribution >= 4 is 11.8 Å². The molecule has 1 aromatic carbocycles. The molecule has 8 heteroatoms. The average molecular weight is 365 g/mol. The number of aliphatic hydroxyl groups excluding tert-OH is 1. The van der Waals surface area contributed by atoms with Crippen molar-refractivity contribution in [2.45, 2.75) is 18.4 Å². The maximum atomic E-state index is 12.4. The van der Waals surface area contributed by atoms with E-state index in [1.165, 1.54) is 0 Å². The smallest absolute Gasteiger partial charge is 0.266 e. The van der Waals surface area contributed by atoms with Crippen LogP contribution in [0, 0.1) is 0 Å². The van der Waals surface area contributed by atoms with Crippen molar-refractivity contribution in [1.82, 2.24) is 10.9 Å². The number of nitrogens with zero attached hydrogens (tertiary/aromatic N) is 1. The molecule has 0 saturated heterocycles. The molecule has 26 heavy (non-hydrogen) atoms. The van der Waals surface area contributed by atoms with Crippen LogP contribution in [0.3, 0.4) is 0 Å². The molecule has 0 radical (unpaired) electrons. The van der Waals surface area contributed by atoms with Crippen molar-refractivity contribution in [3.63, 3.8) is 0 Å². The highest BCUT2D eigenvalue weighted by atomic mass is 19.1. The number of nitrogens with one attached hydrogen (secondary N) is 2. The largest absolute Gasteiger partial charge is 0.494 e. The van der Waals surface area contributed by atoms with Gasteiger partial charge >= 0.3 is 0 Å². The fraction of sp³-hybridized carbons (Fsp3) is 0.444. The van der Waals surface area contributed by atoms with Crippen LogP contribution in [-0.4, -0.2) is 55.5 Å². The molecule has 2 rings (SSSR count). The lowest BCUT2D eigenvalue weighted by molar-refractivity contribution is -0.127. The third kappa shape index (κ3) is 5.03. The lowest BCUT2D eigenvalue weighted by Crippen LogP contribution is -2.51. The highest BCUT2D eigenvalue weighted by Gasteiger charge is 2.43. The molecular weight excluding hydrogens is 341 g/mol. The Labute approximate surface area is 151 Å². The van der Waals surface area contributed by atoms with Crippen LogP contribution in [0.4, 0.5) is 4.39 Å². The van der Waals surface area contributed by atoms with Gasteiger partial charge in [-0.3, -0.25) is 10.2 Å². The van der Waals surface area contributed by atoms with Crippen molar-refractivity contribution in [2.24, 2.45) is 4.99 Å². The second-order valence-corrected chi connectivity index (χ2v) is 5.75. The van der Waals surface area contributed by atoms with Crippen LogP contribution < -0.4 is 15.6 Å². The molecule has 3 N–H and O–H groups in total. The van der Waals surface area contributed by atoms with Gasteiger partial charge in [-0.05, 0) is 24.3 Å². The Hall–Kier alpha value is -2.45. The number of halogens is 1. The Morgan fingerprint density at radius 2 is 2.23 bits per heavy atom. The van der Waals surface area contributed by atoms with E-state index < -0.39 is 18.1 Å². The molecule has 0 fully saturated rings. The van der Waals surface area contributed by atoms with Gasteiger partial charge in [0.05, 0.1) is 6.61 Å². The first-order valence-corrected chi connectivity index (χ1v) is 8.42. The van der Waals surface area contributed by atoms with Gasteiger partial charge in [-0.25, -0.2) is 14.8 Å². The molecule has 0 unspecified atom stereocenters. The zero-order chi connectivity index (χ0) is 18.8. The van der Waals surface area contributed by atoms with Gasteiger partial charge in [0.1, 0.15) is 19.0 Å². The standard InChI is InChI=1S/C18H24FN3O4/c1-2-8-18(17(24)22-20-10-9-19)13-26-16(21-18)14-4-6-15(7-5-14)25-12-3-11-23/h2,4-7,20,23H,1,3,8-13H2,(H,22,24)/t18-/m0/s1. The number of benzene rings is 1. The monoisotopic (exact) mass is 365 g/mol. The number of aliphatic hydroxyl groups is 1. The molecule has 1 heterocycles. The van der Waals surface area contributed by atoms with Crippen LogP contribution in [0.5, 0.6) is 5.75 Å². The molecule has 1 amide bonds. The Balaban J connectivity index is 2.09. The van der Waals surface area contributed by atoms with Gasteiger partial charge in [-0.1, -0.05) is 6.08 Å². The average Bonchev–Trinajstić information content (AvgIpc) is 3.08. The fourth-order valence-electron chi connectivity index (χ4n) is 2.40. The molecule has 0 bridgehead atoms. The van der Waals surface area contributed by atoms with Gasteiger partial charge in [0, 0.05) is 31.6 Å². The van der Waals surface area contributed by atoms with E-state index in [1.54, 1.807) is 30.3 Å². The third-order valence-electron chi connectivity index (χ3n) is 3.76. The first-order valence-electron chi connectivity index (χ1n) is 8.42. The van der Waals surface area contributed by atoms with Gasteiger partial charge in [-0.15, -0.1) is 6.58 Å². The summed E-state index contributed by atoms with van der Waals surface area (Å²) >= 11 is 0. The topological polar surface area (TPSA) is 92.2 Å². The summed E-state index contributed by atoms with van der Waals surface area (Å²) in [7, 11) is 0. The molecule has 0 saturated carbocycles. The SMILES string of the molecule is C=CC[C@@]1(C(=O)NNCCF)COC(c2ccc(OCCCO)cc2)=N1. The Kier molecular flexibility index (Phi) is 7.55. The van der Waals surface area contributed by atoms with Crippen molar-refractivity contribution in [1.29, 1.82) is 0 Å². The number of aliphatic imine (C=N–C) groups is 1. The van der Waals surface area contributed by atoms with E-state index in [0.717, 1.165) is 5.56 Å². The lowest BCUT2D eigenvalue weighted by atomic mass is 9.97. The maximum Gasteiger partial charge on any atom is 0.266 e. The third-order valence-corrected chi connectivity index (χ3v) is 3.76. The molecule has 1 aliphatic heterocycles. The second-order valence-electron chi connectivity index (χ2n) is 5.75. The molecule has 1 atom stereocenters.